The Morgan fingerprint density at radius 1 is 1.44 bits per heavy atom. The van der Waals surface area contributed by atoms with Crippen LogP contribution in [0.15, 0.2) is 0 Å². The van der Waals surface area contributed by atoms with Crippen molar-refractivity contribution in [2.45, 2.75) is 25.7 Å². The second kappa shape index (κ2) is 4.29. The zero-order valence-corrected chi connectivity index (χ0v) is 7.28. The number of halogens is 1. The lowest BCUT2D eigenvalue weighted by Crippen LogP contribution is -2.19. The molecule has 1 fully saturated rings. The van der Waals surface area contributed by atoms with E-state index in [0.717, 1.165) is 11.4 Å². The first-order chi connectivity index (χ1) is 4.43. The molecule has 0 aromatic rings. The van der Waals surface area contributed by atoms with E-state index in [1.165, 1.54) is 32.2 Å². The molecule has 0 bridgehead atoms. The van der Waals surface area contributed by atoms with Crippen molar-refractivity contribution in [3.63, 3.8) is 0 Å². The highest BCUT2D eigenvalue weighted by Gasteiger charge is 2.15. The predicted octanol–water partition coefficient (Wildman–Crippen LogP) is 2.12. The van der Waals surface area contributed by atoms with Gasteiger partial charge in [0.25, 0.3) is 0 Å². The predicted molar refractivity (Wildman–Crippen MR) is 43.8 cm³/mol. The maximum Gasteiger partial charge on any atom is 0.0517 e. The molecular weight excluding hydrogens is 178 g/mol. The van der Waals surface area contributed by atoms with Gasteiger partial charge in [-0.25, -0.2) is 0 Å². The molecule has 0 aromatic heterocycles. The summed E-state index contributed by atoms with van der Waals surface area (Å²) in [6, 6.07) is 0. The molecule has 1 N–H and O–H groups in total. The zero-order chi connectivity index (χ0) is 6.53. The Morgan fingerprint density at radius 2 is 2.22 bits per heavy atom. The first-order valence-corrected chi connectivity index (χ1v) is 4.82. The van der Waals surface area contributed by atoms with E-state index < -0.39 is 0 Å². The summed E-state index contributed by atoms with van der Waals surface area (Å²) in [4.78, 5) is 0. The first kappa shape index (κ1) is 7.55. The van der Waals surface area contributed by atoms with Gasteiger partial charge in [-0.15, -0.1) is 0 Å². The largest absolute Gasteiger partial charge is 0.307 e. The number of nitrogens with one attached hydrogen (secondary N) is 1. The van der Waals surface area contributed by atoms with Crippen molar-refractivity contribution in [2.75, 3.05) is 12.0 Å². The number of hydrogen-bond acceptors (Lipinski definition) is 1. The minimum atomic E-state index is 0.944. The fourth-order valence-electron chi connectivity index (χ4n) is 1.15. The summed E-state index contributed by atoms with van der Waals surface area (Å²) >= 11 is 3.33. The smallest absolute Gasteiger partial charge is 0.0517 e. The number of rotatable bonds is 4. The van der Waals surface area contributed by atoms with E-state index in [1.54, 1.807) is 0 Å². The van der Waals surface area contributed by atoms with Crippen molar-refractivity contribution in [3.05, 3.63) is 0 Å². The van der Waals surface area contributed by atoms with Crippen LogP contribution in [0.3, 0.4) is 0 Å². The highest BCUT2D eigenvalue weighted by atomic mass is 79.9. The van der Waals surface area contributed by atoms with Gasteiger partial charge in [0, 0.05) is 0 Å². The van der Waals surface area contributed by atoms with E-state index in [9.17, 15) is 0 Å². The van der Waals surface area contributed by atoms with Crippen molar-refractivity contribution < 1.29 is 0 Å². The Bertz CT molecular complexity index is 71.3. The molecular formula is C7H14BrN. The van der Waals surface area contributed by atoms with Crippen molar-refractivity contribution in [1.29, 1.82) is 0 Å². The Kier molecular flexibility index (Phi) is 3.59. The van der Waals surface area contributed by atoms with Gasteiger partial charge in [-0.3, -0.25) is 0 Å². The minimum Gasteiger partial charge on any atom is -0.307 e. The van der Waals surface area contributed by atoms with Gasteiger partial charge in [0.05, 0.1) is 5.45 Å². The fourth-order valence-corrected chi connectivity index (χ4v) is 1.43. The van der Waals surface area contributed by atoms with Crippen LogP contribution in [-0.2, 0) is 0 Å². The van der Waals surface area contributed by atoms with Crippen LogP contribution in [0.25, 0.3) is 0 Å². The van der Waals surface area contributed by atoms with Crippen LogP contribution in [0.5, 0.6) is 0 Å². The van der Waals surface area contributed by atoms with E-state index in [-0.39, 0.29) is 0 Å². The molecule has 0 spiro atoms. The number of alkyl halides is 1. The molecule has 2 heteroatoms. The Hall–Kier alpha value is 0.440. The van der Waals surface area contributed by atoms with Gasteiger partial charge < -0.3 is 5.32 Å². The van der Waals surface area contributed by atoms with Crippen LogP contribution in [0.2, 0.25) is 0 Å². The molecule has 9 heavy (non-hydrogen) atoms. The Balaban J connectivity index is 1.80. The third kappa shape index (κ3) is 2.67. The lowest BCUT2D eigenvalue weighted by molar-refractivity contribution is 0.294. The van der Waals surface area contributed by atoms with Crippen LogP contribution in [0.4, 0.5) is 0 Å². The van der Waals surface area contributed by atoms with Crippen LogP contribution in [0.1, 0.15) is 25.7 Å². The zero-order valence-electron chi connectivity index (χ0n) is 5.70. The molecule has 0 unspecified atom stereocenters. The fraction of sp³-hybridized carbons (Fsp3) is 1.00. The topological polar surface area (TPSA) is 12.0 Å². The van der Waals surface area contributed by atoms with E-state index in [0.29, 0.717) is 0 Å². The third-order valence-electron chi connectivity index (χ3n) is 2.05. The van der Waals surface area contributed by atoms with Crippen LogP contribution in [0, 0.1) is 5.92 Å². The second-order valence-corrected chi connectivity index (χ2v) is 3.28. The van der Waals surface area contributed by atoms with E-state index in [4.69, 9.17) is 0 Å². The third-order valence-corrected chi connectivity index (χ3v) is 2.45. The van der Waals surface area contributed by atoms with Crippen LogP contribution in [-0.4, -0.2) is 12.0 Å². The highest BCUT2D eigenvalue weighted by molar-refractivity contribution is 9.09. The second-order valence-electron chi connectivity index (χ2n) is 2.72. The minimum absolute atomic E-state index is 0.944. The first-order valence-electron chi connectivity index (χ1n) is 3.70. The van der Waals surface area contributed by atoms with Gasteiger partial charge in [0.2, 0.25) is 0 Å². The molecule has 0 radical (unpaired) electrons. The molecule has 1 nitrogen and oxygen atoms in total. The summed E-state index contributed by atoms with van der Waals surface area (Å²) < 4.78 is 0. The van der Waals surface area contributed by atoms with Crippen molar-refractivity contribution in [2.24, 2.45) is 5.92 Å². The highest BCUT2D eigenvalue weighted by Crippen LogP contribution is 2.28. The van der Waals surface area contributed by atoms with Crippen LogP contribution >= 0.6 is 15.9 Å². The molecule has 0 amide bonds. The standard InChI is InChI=1S/C7H14BrN/c8-6-9-5-4-7-2-1-3-7/h7,9H,1-6H2. The normalized spacial score (nSPS) is 19.7. The molecule has 54 valence electrons. The molecule has 1 aliphatic carbocycles. The summed E-state index contributed by atoms with van der Waals surface area (Å²) in [6.07, 6.45) is 5.80. The van der Waals surface area contributed by atoms with Crippen molar-refractivity contribution >= 4 is 15.9 Å². The van der Waals surface area contributed by atoms with Crippen molar-refractivity contribution in [1.82, 2.24) is 5.32 Å². The van der Waals surface area contributed by atoms with Crippen LogP contribution < -0.4 is 5.32 Å². The molecule has 0 atom stereocenters. The van der Waals surface area contributed by atoms with Gasteiger partial charge >= 0.3 is 0 Å². The average molecular weight is 192 g/mol. The van der Waals surface area contributed by atoms with Gasteiger partial charge in [0.1, 0.15) is 0 Å². The molecule has 0 heterocycles. The van der Waals surface area contributed by atoms with E-state index >= 15 is 0 Å². The Labute approximate surface area is 65.3 Å². The monoisotopic (exact) mass is 191 g/mol. The lowest BCUT2D eigenvalue weighted by atomic mass is 9.83. The van der Waals surface area contributed by atoms with Gasteiger partial charge in [-0.05, 0) is 18.9 Å². The molecule has 1 rings (SSSR count). The van der Waals surface area contributed by atoms with Gasteiger partial charge in [0.15, 0.2) is 0 Å². The summed E-state index contributed by atoms with van der Waals surface area (Å²) in [6.45, 7) is 1.19. The summed E-state index contributed by atoms with van der Waals surface area (Å²) in [5.41, 5.74) is 0.944. The lowest BCUT2D eigenvalue weighted by Gasteiger charge is -2.24. The summed E-state index contributed by atoms with van der Waals surface area (Å²) in [5, 5.41) is 3.26. The maximum absolute atomic E-state index is 3.33. The quantitative estimate of drug-likeness (QED) is 0.408. The van der Waals surface area contributed by atoms with E-state index in [1.807, 2.05) is 0 Å². The molecule has 0 saturated heterocycles. The number of hydrogen-bond donors (Lipinski definition) is 1. The van der Waals surface area contributed by atoms with Gasteiger partial charge in [-0.2, -0.15) is 0 Å². The summed E-state index contributed by atoms with van der Waals surface area (Å²) in [5.74, 6) is 1.05. The van der Waals surface area contributed by atoms with E-state index in [2.05, 4.69) is 21.2 Å². The summed E-state index contributed by atoms with van der Waals surface area (Å²) in [7, 11) is 0. The molecule has 0 aromatic carbocycles. The molecule has 1 aliphatic rings. The van der Waals surface area contributed by atoms with Gasteiger partial charge in [-0.1, -0.05) is 35.2 Å². The molecule has 0 aliphatic heterocycles. The maximum atomic E-state index is 3.33. The Morgan fingerprint density at radius 3 is 2.67 bits per heavy atom. The average Bonchev–Trinajstić information content (AvgIpc) is 1.76. The van der Waals surface area contributed by atoms with Crippen molar-refractivity contribution in [3.8, 4) is 0 Å². The SMILES string of the molecule is BrCNCCC1CCC1. The molecule has 1 saturated carbocycles.